The smallest absolute Gasteiger partial charge is 0.311 e. The molecule has 0 aliphatic carbocycles. The fraction of sp³-hybridized carbons (Fsp3) is 0.611. The number of carbonyl (C=O) groups excluding carboxylic acids is 1. The van der Waals surface area contributed by atoms with Crippen LogP contribution in [0.3, 0.4) is 0 Å². The van der Waals surface area contributed by atoms with Crippen LogP contribution in [0.1, 0.15) is 24.8 Å². The van der Waals surface area contributed by atoms with E-state index in [0.717, 1.165) is 31.4 Å². The van der Waals surface area contributed by atoms with E-state index >= 15 is 0 Å². The van der Waals surface area contributed by atoms with E-state index in [1.54, 1.807) is 12.1 Å². The monoisotopic (exact) mass is 396 g/mol. The molecule has 2 aliphatic heterocycles. The van der Waals surface area contributed by atoms with Gasteiger partial charge < -0.3 is 19.1 Å². The summed E-state index contributed by atoms with van der Waals surface area (Å²) in [4.78, 5) is 25.2. The number of nitro benzene ring substituents is 1. The van der Waals surface area contributed by atoms with E-state index in [1.165, 1.54) is 24.9 Å². The van der Waals surface area contributed by atoms with Crippen molar-refractivity contribution in [2.75, 3.05) is 32.6 Å². The van der Waals surface area contributed by atoms with Crippen molar-refractivity contribution in [1.29, 1.82) is 0 Å². The van der Waals surface area contributed by atoms with Crippen LogP contribution in [-0.4, -0.2) is 60.7 Å². The molecule has 0 saturated carbocycles. The Morgan fingerprint density at radius 2 is 2.15 bits per heavy atom. The predicted octanol–water partition coefficient (Wildman–Crippen LogP) is 2.59. The highest BCUT2D eigenvalue weighted by atomic mass is 32.2. The first-order valence-electron chi connectivity index (χ1n) is 9.02. The maximum absolute atomic E-state index is 12.7. The molecule has 1 aromatic rings. The number of benzene rings is 1. The number of ether oxygens (including phenoxy) is 3. The van der Waals surface area contributed by atoms with Gasteiger partial charge in [0.2, 0.25) is 5.91 Å². The number of hydrogen-bond acceptors (Lipinski definition) is 7. The van der Waals surface area contributed by atoms with Crippen molar-refractivity contribution in [1.82, 2.24) is 4.90 Å². The van der Waals surface area contributed by atoms with Crippen LogP contribution in [0.25, 0.3) is 0 Å². The fourth-order valence-corrected chi connectivity index (χ4v) is 4.31. The Bertz CT molecular complexity index is 680. The molecular weight excluding hydrogens is 372 g/mol. The van der Waals surface area contributed by atoms with Crippen LogP contribution in [-0.2, 0) is 20.0 Å². The van der Waals surface area contributed by atoms with Crippen LogP contribution >= 0.6 is 11.8 Å². The second-order valence-electron chi connectivity index (χ2n) is 6.52. The van der Waals surface area contributed by atoms with Gasteiger partial charge in [0, 0.05) is 18.4 Å². The summed E-state index contributed by atoms with van der Waals surface area (Å²) in [5, 5.41) is 11.1. The Labute approximate surface area is 162 Å². The molecule has 27 heavy (non-hydrogen) atoms. The number of methoxy groups -OCH3 is 1. The Kier molecular flexibility index (Phi) is 6.92. The first-order valence-corrected chi connectivity index (χ1v) is 10.2. The summed E-state index contributed by atoms with van der Waals surface area (Å²) in [7, 11) is 1.40. The number of nitro groups is 1. The lowest BCUT2D eigenvalue weighted by molar-refractivity contribution is -0.385. The van der Waals surface area contributed by atoms with Crippen LogP contribution in [0.15, 0.2) is 18.2 Å². The molecule has 0 aromatic heterocycles. The molecule has 1 amide bonds. The van der Waals surface area contributed by atoms with Crippen molar-refractivity contribution < 1.29 is 23.9 Å². The van der Waals surface area contributed by atoms with Crippen LogP contribution in [0.4, 0.5) is 5.69 Å². The van der Waals surface area contributed by atoms with Crippen LogP contribution in [0.2, 0.25) is 0 Å². The Hall–Kier alpha value is -1.84. The maximum Gasteiger partial charge on any atom is 0.311 e. The summed E-state index contributed by atoms with van der Waals surface area (Å²) in [6.07, 6.45) is 2.64. The van der Waals surface area contributed by atoms with Crippen molar-refractivity contribution in [2.24, 2.45) is 0 Å². The van der Waals surface area contributed by atoms with Gasteiger partial charge in [0.1, 0.15) is 0 Å². The molecule has 2 aliphatic rings. The quantitative estimate of drug-likeness (QED) is 0.517. The molecule has 0 N–H and O–H groups in total. The van der Waals surface area contributed by atoms with Gasteiger partial charge >= 0.3 is 5.69 Å². The van der Waals surface area contributed by atoms with E-state index in [4.69, 9.17) is 14.2 Å². The summed E-state index contributed by atoms with van der Waals surface area (Å²) in [5.74, 6) is 1.14. The zero-order valence-corrected chi connectivity index (χ0v) is 16.1. The molecule has 1 atom stereocenters. The van der Waals surface area contributed by atoms with Crippen molar-refractivity contribution in [2.45, 2.75) is 37.3 Å². The molecule has 1 unspecified atom stereocenters. The van der Waals surface area contributed by atoms with Crippen LogP contribution in [0.5, 0.6) is 5.75 Å². The van der Waals surface area contributed by atoms with Gasteiger partial charge in [0.25, 0.3) is 0 Å². The summed E-state index contributed by atoms with van der Waals surface area (Å²) in [6.45, 7) is 1.88. The van der Waals surface area contributed by atoms with Gasteiger partial charge in [0.05, 0.1) is 37.0 Å². The lowest BCUT2D eigenvalue weighted by atomic mass is 10.0. The Morgan fingerprint density at radius 3 is 2.85 bits per heavy atom. The van der Waals surface area contributed by atoms with Gasteiger partial charge in [-0.2, -0.15) is 0 Å². The molecule has 2 heterocycles. The number of likely N-dealkylation sites (tertiary alicyclic amines) is 1. The number of piperidine rings is 1. The van der Waals surface area contributed by atoms with E-state index in [1.807, 2.05) is 4.90 Å². The number of thioether (sulfide) groups is 1. The second-order valence-corrected chi connectivity index (χ2v) is 7.50. The second kappa shape index (κ2) is 9.38. The van der Waals surface area contributed by atoms with Gasteiger partial charge in [0.15, 0.2) is 12.0 Å². The summed E-state index contributed by atoms with van der Waals surface area (Å²) in [6, 6.07) is 4.86. The van der Waals surface area contributed by atoms with E-state index in [-0.39, 0.29) is 29.7 Å². The molecule has 8 nitrogen and oxygen atoms in total. The first-order chi connectivity index (χ1) is 13.1. The van der Waals surface area contributed by atoms with Gasteiger partial charge in [-0.25, -0.2) is 0 Å². The molecule has 1 aromatic carbocycles. The van der Waals surface area contributed by atoms with Crippen molar-refractivity contribution in [3.63, 3.8) is 0 Å². The minimum absolute atomic E-state index is 0.0172. The SMILES string of the molecule is COc1ccc(CSCC(=O)N2CCCCC2C2OCCO2)cc1[N+](=O)[O-]. The van der Waals surface area contributed by atoms with E-state index in [9.17, 15) is 14.9 Å². The van der Waals surface area contributed by atoms with Gasteiger partial charge in [-0.05, 0) is 30.9 Å². The fourth-order valence-electron chi connectivity index (χ4n) is 3.46. The highest BCUT2D eigenvalue weighted by molar-refractivity contribution is 7.99. The third-order valence-electron chi connectivity index (χ3n) is 4.77. The average Bonchev–Trinajstić information content (AvgIpc) is 3.22. The van der Waals surface area contributed by atoms with Gasteiger partial charge in [-0.1, -0.05) is 6.07 Å². The summed E-state index contributed by atoms with van der Waals surface area (Å²) >= 11 is 1.45. The topological polar surface area (TPSA) is 91.1 Å². The van der Waals surface area contributed by atoms with E-state index in [0.29, 0.717) is 24.7 Å². The van der Waals surface area contributed by atoms with E-state index in [2.05, 4.69) is 0 Å². The maximum atomic E-state index is 12.7. The van der Waals surface area contributed by atoms with E-state index < -0.39 is 4.92 Å². The number of hydrogen-bond donors (Lipinski definition) is 0. The molecule has 148 valence electrons. The zero-order chi connectivity index (χ0) is 19.2. The van der Waals surface area contributed by atoms with Gasteiger partial charge in [-0.3, -0.25) is 14.9 Å². The number of amides is 1. The summed E-state index contributed by atoms with van der Waals surface area (Å²) < 4.78 is 16.2. The summed E-state index contributed by atoms with van der Waals surface area (Å²) in [5.41, 5.74) is 0.728. The van der Waals surface area contributed by atoms with Crippen molar-refractivity contribution in [3.8, 4) is 5.75 Å². The molecule has 2 saturated heterocycles. The van der Waals surface area contributed by atoms with Crippen molar-refractivity contribution >= 4 is 23.4 Å². The minimum atomic E-state index is -0.460. The van der Waals surface area contributed by atoms with Crippen LogP contribution in [0, 0.1) is 10.1 Å². The number of rotatable bonds is 7. The minimum Gasteiger partial charge on any atom is -0.490 e. The Morgan fingerprint density at radius 1 is 1.37 bits per heavy atom. The number of nitrogens with zero attached hydrogens (tertiary/aromatic N) is 2. The van der Waals surface area contributed by atoms with Crippen LogP contribution < -0.4 is 4.74 Å². The highest BCUT2D eigenvalue weighted by Gasteiger charge is 2.35. The molecule has 0 spiro atoms. The molecule has 2 fully saturated rings. The molecule has 3 rings (SSSR count). The first kappa shape index (κ1) is 19.9. The molecule has 0 radical (unpaired) electrons. The normalized spacial score (nSPS) is 20.6. The third kappa shape index (κ3) is 4.91. The molecular formula is C18H24N2O6S. The third-order valence-corrected chi connectivity index (χ3v) is 5.75. The number of carbonyl (C=O) groups is 1. The standard InChI is InChI=1S/C18H24N2O6S/c1-24-16-6-5-13(10-15(16)20(22)23)11-27-12-17(21)19-7-3-2-4-14(19)18-25-8-9-26-18/h5-6,10,14,18H,2-4,7-9,11-12H2,1H3. The van der Waals surface area contributed by atoms with Gasteiger partial charge in [-0.15, -0.1) is 11.8 Å². The van der Waals surface area contributed by atoms with Crippen molar-refractivity contribution in [3.05, 3.63) is 33.9 Å². The highest BCUT2D eigenvalue weighted by Crippen LogP contribution is 2.29. The zero-order valence-electron chi connectivity index (χ0n) is 15.3. The predicted molar refractivity (Wildman–Crippen MR) is 101 cm³/mol. The lowest BCUT2D eigenvalue weighted by Gasteiger charge is -2.38. The molecule has 0 bridgehead atoms. The Balaban J connectivity index is 1.55. The lowest BCUT2D eigenvalue weighted by Crippen LogP contribution is -2.50. The largest absolute Gasteiger partial charge is 0.490 e. The average molecular weight is 396 g/mol. The molecule has 9 heteroatoms.